The highest BCUT2D eigenvalue weighted by atomic mass is 16.5. The highest BCUT2D eigenvalue weighted by Crippen LogP contribution is 2.16. The molecular formula is C13H21N3O3. The van der Waals surface area contributed by atoms with Crippen LogP contribution >= 0.6 is 0 Å². The molecule has 6 nitrogen and oxygen atoms in total. The number of nitrogens with one attached hydrogen (secondary N) is 1. The zero-order chi connectivity index (χ0) is 13.7. The Bertz CT molecular complexity index is 375. The third-order valence-corrected chi connectivity index (χ3v) is 3.56. The molecule has 0 aliphatic carbocycles. The Hall–Kier alpha value is -1.43. The van der Waals surface area contributed by atoms with E-state index in [-0.39, 0.29) is 17.9 Å². The first-order valence-corrected chi connectivity index (χ1v) is 6.89. The van der Waals surface area contributed by atoms with Gasteiger partial charge in [0.25, 0.3) is 5.91 Å². The minimum Gasteiger partial charge on any atom is -0.378 e. The maximum atomic E-state index is 12.1. The molecule has 0 aromatic heterocycles. The second-order valence-corrected chi connectivity index (χ2v) is 5.10. The quantitative estimate of drug-likeness (QED) is 0.814. The van der Waals surface area contributed by atoms with E-state index in [1.807, 2.05) is 0 Å². The standard InChI is InChI=1S/C13H21N3O3/c1-16(8-7-10-4-2-3-9-19-10)13(18)11-5-6-12(17)15-14-11/h10H,2-9H2,1H3,(H,15,17). The predicted octanol–water partition coefficient (Wildman–Crippen LogP) is 0.670. The SMILES string of the molecule is CN(CCC1CCCCO1)C(=O)C1=NNC(=O)CC1. The minimum atomic E-state index is -0.130. The van der Waals surface area contributed by atoms with Crippen LogP contribution in [0.3, 0.4) is 0 Å². The van der Waals surface area contributed by atoms with Crippen molar-refractivity contribution in [2.45, 2.75) is 44.6 Å². The number of ether oxygens (including phenoxy) is 1. The molecule has 1 saturated heterocycles. The molecule has 19 heavy (non-hydrogen) atoms. The Labute approximate surface area is 113 Å². The highest BCUT2D eigenvalue weighted by molar-refractivity contribution is 6.39. The summed E-state index contributed by atoms with van der Waals surface area (Å²) in [4.78, 5) is 24.7. The van der Waals surface area contributed by atoms with Crippen LogP contribution in [0.2, 0.25) is 0 Å². The van der Waals surface area contributed by atoms with Gasteiger partial charge >= 0.3 is 0 Å². The van der Waals surface area contributed by atoms with E-state index in [0.717, 1.165) is 25.9 Å². The molecule has 0 bridgehead atoms. The van der Waals surface area contributed by atoms with Gasteiger partial charge in [-0.05, 0) is 25.7 Å². The molecule has 2 heterocycles. The van der Waals surface area contributed by atoms with Gasteiger partial charge in [0.2, 0.25) is 5.91 Å². The van der Waals surface area contributed by atoms with Gasteiger partial charge in [-0.25, -0.2) is 5.43 Å². The van der Waals surface area contributed by atoms with Crippen LogP contribution in [0.4, 0.5) is 0 Å². The molecule has 0 radical (unpaired) electrons. The molecule has 1 atom stereocenters. The molecule has 1 unspecified atom stereocenters. The van der Waals surface area contributed by atoms with Crippen LogP contribution in [0.25, 0.3) is 0 Å². The molecule has 2 aliphatic rings. The van der Waals surface area contributed by atoms with E-state index in [2.05, 4.69) is 10.5 Å². The first-order valence-electron chi connectivity index (χ1n) is 6.89. The fourth-order valence-corrected chi connectivity index (χ4v) is 2.32. The molecule has 0 aromatic rings. The lowest BCUT2D eigenvalue weighted by Crippen LogP contribution is -2.39. The van der Waals surface area contributed by atoms with Gasteiger partial charge in [0.05, 0.1) is 6.10 Å². The molecule has 106 valence electrons. The summed E-state index contributed by atoms with van der Waals surface area (Å²) < 4.78 is 5.64. The number of hydrogen-bond donors (Lipinski definition) is 1. The number of hydrazone groups is 1. The molecule has 2 aliphatic heterocycles. The van der Waals surface area contributed by atoms with Gasteiger partial charge in [0.1, 0.15) is 5.71 Å². The summed E-state index contributed by atoms with van der Waals surface area (Å²) in [6.07, 6.45) is 5.33. The molecule has 6 heteroatoms. The lowest BCUT2D eigenvalue weighted by molar-refractivity contribution is -0.124. The van der Waals surface area contributed by atoms with Crippen molar-refractivity contribution in [1.29, 1.82) is 0 Å². The Morgan fingerprint density at radius 3 is 2.95 bits per heavy atom. The Balaban J connectivity index is 1.77. The topological polar surface area (TPSA) is 71.0 Å². The van der Waals surface area contributed by atoms with Gasteiger partial charge in [-0.1, -0.05) is 0 Å². The van der Waals surface area contributed by atoms with Crippen molar-refractivity contribution in [3.8, 4) is 0 Å². The van der Waals surface area contributed by atoms with Crippen LogP contribution in [0.1, 0.15) is 38.5 Å². The fourth-order valence-electron chi connectivity index (χ4n) is 2.32. The summed E-state index contributed by atoms with van der Waals surface area (Å²) in [6, 6.07) is 0. The lowest BCUT2D eigenvalue weighted by atomic mass is 10.1. The Kier molecular flexibility index (Phi) is 4.90. The smallest absolute Gasteiger partial charge is 0.269 e. The summed E-state index contributed by atoms with van der Waals surface area (Å²) in [5.41, 5.74) is 2.79. The van der Waals surface area contributed by atoms with Gasteiger partial charge < -0.3 is 9.64 Å². The third-order valence-electron chi connectivity index (χ3n) is 3.56. The summed E-state index contributed by atoms with van der Waals surface area (Å²) in [7, 11) is 1.77. The predicted molar refractivity (Wildman–Crippen MR) is 70.7 cm³/mol. The van der Waals surface area contributed by atoms with E-state index in [0.29, 0.717) is 25.1 Å². The number of carbonyl (C=O) groups excluding carboxylic acids is 2. The second kappa shape index (κ2) is 6.65. The van der Waals surface area contributed by atoms with Crippen molar-refractivity contribution in [1.82, 2.24) is 10.3 Å². The van der Waals surface area contributed by atoms with Crippen molar-refractivity contribution in [2.24, 2.45) is 5.10 Å². The Morgan fingerprint density at radius 1 is 1.47 bits per heavy atom. The molecule has 2 amide bonds. The van der Waals surface area contributed by atoms with Gasteiger partial charge in [-0.2, -0.15) is 5.10 Å². The average Bonchev–Trinajstić information content (AvgIpc) is 2.46. The first-order chi connectivity index (χ1) is 9.16. The van der Waals surface area contributed by atoms with Gasteiger partial charge in [-0.15, -0.1) is 0 Å². The lowest BCUT2D eigenvalue weighted by Gasteiger charge is -2.25. The van der Waals surface area contributed by atoms with Crippen molar-refractivity contribution in [2.75, 3.05) is 20.2 Å². The molecule has 2 rings (SSSR count). The minimum absolute atomic E-state index is 0.101. The number of hydrogen-bond acceptors (Lipinski definition) is 4. The zero-order valence-corrected chi connectivity index (χ0v) is 11.4. The van der Waals surface area contributed by atoms with E-state index in [4.69, 9.17) is 4.74 Å². The second-order valence-electron chi connectivity index (χ2n) is 5.10. The van der Waals surface area contributed by atoms with E-state index < -0.39 is 0 Å². The summed E-state index contributed by atoms with van der Waals surface area (Å²) in [5, 5.41) is 3.82. The van der Waals surface area contributed by atoms with Crippen molar-refractivity contribution < 1.29 is 14.3 Å². The number of carbonyl (C=O) groups is 2. The van der Waals surface area contributed by atoms with Gasteiger partial charge in [-0.3, -0.25) is 9.59 Å². The third kappa shape index (κ3) is 4.02. The summed E-state index contributed by atoms with van der Waals surface area (Å²) in [5.74, 6) is -0.231. The van der Waals surface area contributed by atoms with Crippen LogP contribution in [0.5, 0.6) is 0 Å². The molecular weight excluding hydrogens is 246 g/mol. The van der Waals surface area contributed by atoms with E-state index in [9.17, 15) is 9.59 Å². The maximum Gasteiger partial charge on any atom is 0.269 e. The van der Waals surface area contributed by atoms with E-state index in [1.54, 1.807) is 11.9 Å². The van der Waals surface area contributed by atoms with Crippen LogP contribution in [-0.4, -0.2) is 48.7 Å². The average molecular weight is 267 g/mol. The molecule has 1 N–H and O–H groups in total. The Morgan fingerprint density at radius 2 is 2.32 bits per heavy atom. The van der Waals surface area contributed by atoms with Gasteiger partial charge in [0, 0.05) is 33.0 Å². The van der Waals surface area contributed by atoms with Crippen molar-refractivity contribution >= 4 is 17.5 Å². The van der Waals surface area contributed by atoms with Crippen LogP contribution < -0.4 is 5.43 Å². The zero-order valence-electron chi connectivity index (χ0n) is 11.4. The number of nitrogens with zero attached hydrogens (tertiary/aromatic N) is 2. The van der Waals surface area contributed by atoms with Crippen LogP contribution in [0.15, 0.2) is 5.10 Å². The molecule has 0 spiro atoms. The van der Waals surface area contributed by atoms with Gasteiger partial charge in [0.15, 0.2) is 0 Å². The van der Waals surface area contributed by atoms with E-state index >= 15 is 0 Å². The largest absolute Gasteiger partial charge is 0.378 e. The highest BCUT2D eigenvalue weighted by Gasteiger charge is 2.22. The maximum absolute atomic E-state index is 12.1. The number of amides is 2. The van der Waals surface area contributed by atoms with Crippen LogP contribution in [0, 0.1) is 0 Å². The summed E-state index contributed by atoms with van der Waals surface area (Å²) in [6.45, 7) is 1.50. The fraction of sp³-hybridized carbons (Fsp3) is 0.769. The van der Waals surface area contributed by atoms with Crippen molar-refractivity contribution in [3.63, 3.8) is 0 Å². The molecule has 0 aromatic carbocycles. The molecule has 0 saturated carbocycles. The number of rotatable bonds is 4. The first kappa shape index (κ1) is 14.0. The summed E-state index contributed by atoms with van der Waals surface area (Å²) >= 11 is 0. The monoisotopic (exact) mass is 267 g/mol. The normalized spacial score (nSPS) is 23.5. The van der Waals surface area contributed by atoms with Crippen LogP contribution in [-0.2, 0) is 14.3 Å². The van der Waals surface area contributed by atoms with E-state index in [1.165, 1.54) is 6.42 Å². The van der Waals surface area contributed by atoms with Crippen molar-refractivity contribution in [3.05, 3.63) is 0 Å². The molecule has 1 fully saturated rings.